The molecule has 1 heterocycles. The molecule has 0 saturated heterocycles. The van der Waals surface area contributed by atoms with Crippen LogP contribution in [0.2, 0.25) is 0 Å². The fourth-order valence-corrected chi connectivity index (χ4v) is 1.97. The molecule has 4 nitrogen and oxygen atoms in total. The first-order valence-electron chi connectivity index (χ1n) is 5.20. The SMILES string of the molecule is Cc1nsc(NC(CN(C)C)C(C)C)n1. The van der Waals surface area contributed by atoms with E-state index in [1.807, 2.05) is 6.92 Å². The van der Waals surface area contributed by atoms with Crippen molar-refractivity contribution in [2.24, 2.45) is 5.92 Å². The van der Waals surface area contributed by atoms with E-state index in [0.717, 1.165) is 17.5 Å². The van der Waals surface area contributed by atoms with Crippen molar-refractivity contribution in [3.63, 3.8) is 0 Å². The van der Waals surface area contributed by atoms with Gasteiger partial charge in [0, 0.05) is 24.1 Å². The Morgan fingerprint density at radius 3 is 2.47 bits per heavy atom. The highest BCUT2D eigenvalue weighted by Gasteiger charge is 2.15. The lowest BCUT2D eigenvalue weighted by Crippen LogP contribution is -2.36. The van der Waals surface area contributed by atoms with Crippen LogP contribution in [0.15, 0.2) is 0 Å². The van der Waals surface area contributed by atoms with Crippen molar-refractivity contribution in [3.05, 3.63) is 5.82 Å². The topological polar surface area (TPSA) is 41.1 Å². The van der Waals surface area contributed by atoms with E-state index < -0.39 is 0 Å². The number of nitrogens with one attached hydrogen (secondary N) is 1. The van der Waals surface area contributed by atoms with E-state index in [9.17, 15) is 0 Å². The van der Waals surface area contributed by atoms with E-state index in [0.29, 0.717) is 12.0 Å². The van der Waals surface area contributed by atoms with Gasteiger partial charge in [0.2, 0.25) is 5.13 Å². The first-order chi connectivity index (χ1) is 6.99. The van der Waals surface area contributed by atoms with Crippen molar-refractivity contribution in [1.29, 1.82) is 0 Å². The summed E-state index contributed by atoms with van der Waals surface area (Å²) in [4.78, 5) is 6.50. The molecule has 0 aliphatic carbocycles. The molecule has 0 radical (unpaired) electrons. The Balaban J connectivity index is 2.58. The number of aromatic nitrogens is 2. The third-order valence-corrected chi connectivity index (χ3v) is 2.94. The molecule has 1 atom stereocenters. The summed E-state index contributed by atoms with van der Waals surface area (Å²) in [6.07, 6.45) is 0. The Morgan fingerprint density at radius 1 is 1.40 bits per heavy atom. The smallest absolute Gasteiger partial charge is 0.202 e. The zero-order chi connectivity index (χ0) is 11.4. The molecule has 1 aromatic rings. The normalized spacial score (nSPS) is 13.5. The number of aryl methyl sites for hydroxylation is 1. The van der Waals surface area contributed by atoms with Gasteiger partial charge >= 0.3 is 0 Å². The van der Waals surface area contributed by atoms with Crippen LogP contribution in [0.3, 0.4) is 0 Å². The highest BCUT2D eigenvalue weighted by atomic mass is 32.1. The van der Waals surface area contributed by atoms with Gasteiger partial charge in [0.25, 0.3) is 0 Å². The Kier molecular flexibility index (Phi) is 4.47. The van der Waals surface area contributed by atoms with Crippen LogP contribution in [0.4, 0.5) is 5.13 Å². The minimum absolute atomic E-state index is 0.423. The Morgan fingerprint density at radius 2 is 2.07 bits per heavy atom. The van der Waals surface area contributed by atoms with Gasteiger partial charge in [-0.25, -0.2) is 4.98 Å². The summed E-state index contributed by atoms with van der Waals surface area (Å²) in [5.74, 6) is 1.42. The van der Waals surface area contributed by atoms with Crippen LogP contribution in [0.5, 0.6) is 0 Å². The molecule has 0 saturated carbocycles. The van der Waals surface area contributed by atoms with Crippen molar-refractivity contribution in [2.45, 2.75) is 26.8 Å². The van der Waals surface area contributed by atoms with Gasteiger partial charge < -0.3 is 10.2 Å². The minimum atomic E-state index is 0.423. The van der Waals surface area contributed by atoms with Crippen molar-refractivity contribution >= 4 is 16.7 Å². The van der Waals surface area contributed by atoms with Crippen LogP contribution in [-0.2, 0) is 0 Å². The van der Waals surface area contributed by atoms with E-state index in [2.05, 4.69) is 47.5 Å². The number of rotatable bonds is 5. The third-order valence-electron chi connectivity index (χ3n) is 2.20. The zero-order valence-corrected chi connectivity index (χ0v) is 10.9. The van der Waals surface area contributed by atoms with Gasteiger partial charge in [0.1, 0.15) is 5.82 Å². The molecule has 0 amide bonds. The fraction of sp³-hybridized carbons (Fsp3) is 0.800. The average Bonchev–Trinajstić information content (AvgIpc) is 2.49. The monoisotopic (exact) mass is 228 g/mol. The van der Waals surface area contributed by atoms with Gasteiger partial charge in [0.15, 0.2) is 0 Å². The van der Waals surface area contributed by atoms with E-state index in [1.165, 1.54) is 11.5 Å². The van der Waals surface area contributed by atoms with Gasteiger partial charge in [-0.05, 0) is 26.9 Å². The van der Waals surface area contributed by atoms with E-state index in [-0.39, 0.29) is 0 Å². The van der Waals surface area contributed by atoms with Crippen LogP contribution in [0, 0.1) is 12.8 Å². The summed E-state index contributed by atoms with van der Waals surface area (Å²) >= 11 is 1.43. The standard InChI is InChI=1S/C10H20N4S/c1-7(2)9(6-14(4)5)12-10-11-8(3)13-15-10/h7,9H,6H2,1-5H3,(H,11,12,13). The van der Waals surface area contributed by atoms with Crippen LogP contribution in [0.1, 0.15) is 19.7 Å². The number of likely N-dealkylation sites (N-methyl/N-ethyl adjacent to an activating group) is 1. The van der Waals surface area contributed by atoms with E-state index in [1.54, 1.807) is 0 Å². The molecule has 1 N–H and O–H groups in total. The van der Waals surface area contributed by atoms with Crippen LogP contribution >= 0.6 is 11.5 Å². The lowest BCUT2D eigenvalue weighted by atomic mass is 10.0. The van der Waals surface area contributed by atoms with Gasteiger partial charge in [-0.1, -0.05) is 13.8 Å². The number of hydrogen-bond acceptors (Lipinski definition) is 5. The minimum Gasteiger partial charge on any atom is -0.356 e. The van der Waals surface area contributed by atoms with Crippen molar-refractivity contribution in [2.75, 3.05) is 26.0 Å². The quantitative estimate of drug-likeness (QED) is 0.835. The number of hydrogen-bond donors (Lipinski definition) is 1. The highest BCUT2D eigenvalue weighted by molar-refractivity contribution is 7.09. The maximum Gasteiger partial charge on any atom is 0.202 e. The predicted molar refractivity (Wildman–Crippen MR) is 65.4 cm³/mol. The maximum atomic E-state index is 4.32. The first-order valence-corrected chi connectivity index (χ1v) is 5.98. The van der Waals surface area contributed by atoms with Crippen LogP contribution < -0.4 is 5.32 Å². The molecule has 1 rings (SSSR count). The van der Waals surface area contributed by atoms with Crippen LogP contribution in [-0.4, -0.2) is 40.9 Å². The van der Waals surface area contributed by atoms with E-state index in [4.69, 9.17) is 0 Å². The molecule has 0 aliphatic rings. The van der Waals surface area contributed by atoms with Crippen LogP contribution in [0.25, 0.3) is 0 Å². The molecule has 1 unspecified atom stereocenters. The highest BCUT2D eigenvalue weighted by Crippen LogP contribution is 2.15. The second-order valence-corrected chi connectivity index (χ2v) is 5.16. The van der Waals surface area contributed by atoms with Gasteiger partial charge in [0.05, 0.1) is 0 Å². The second-order valence-electron chi connectivity index (χ2n) is 4.40. The van der Waals surface area contributed by atoms with Gasteiger partial charge in [-0.15, -0.1) is 0 Å². The molecule has 0 bridgehead atoms. The molecule has 86 valence electrons. The van der Waals surface area contributed by atoms with Crippen molar-refractivity contribution in [1.82, 2.24) is 14.3 Å². The molecule has 0 fully saturated rings. The average molecular weight is 228 g/mol. The summed E-state index contributed by atoms with van der Waals surface area (Å²) in [6, 6.07) is 0.423. The molecule has 1 aromatic heterocycles. The molecule has 0 aliphatic heterocycles. The molecule has 15 heavy (non-hydrogen) atoms. The number of anilines is 1. The fourth-order valence-electron chi connectivity index (χ4n) is 1.33. The zero-order valence-electron chi connectivity index (χ0n) is 10.1. The molecule has 0 spiro atoms. The second kappa shape index (κ2) is 5.42. The summed E-state index contributed by atoms with van der Waals surface area (Å²) in [6.45, 7) is 7.36. The molecular formula is C10H20N4S. The Bertz CT molecular complexity index is 295. The van der Waals surface area contributed by atoms with Crippen molar-refractivity contribution in [3.8, 4) is 0 Å². The predicted octanol–water partition coefficient (Wildman–Crippen LogP) is 1.84. The van der Waals surface area contributed by atoms with Gasteiger partial charge in [-0.3, -0.25) is 0 Å². The molecule has 0 aromatic carbocycles. The maximum absolute atomic E-state index is 4.32. The lowest BCUT2D eigenvalue weighted by Gasteiger charge is -2.25. The summed E-state index contributed by atoms with van der Waals surface area (Å²) in [7, 11) is 4.17. The summed E-state index contributed by atoms with van der Waals surface area (Å²) in [5, 5.41) is 4.36. The first kappa shape index (κ1) is 12.4. The number of nitrogens with zero attached hydrogens (tertiary/aromatic N) is 3. The van der Waals surface area contributed by atoms with Gasteiger partial charge in [-0.2, -0.15) is 4.37 Å². The molecule has 5 heteroatoms. The van der Waals surface area contributed by atoms with E-state index >= 15 is 0 Å². The molecular weight excluding hydrogens is 208 g/mol. The lowest BCUT2D eigenvalue weighted by molar-refractivity contribution is 0.344. The summed E-state index contributed by atoms with van der Waals surface area (Å²) < 4.78 is 4.16. The summed E-state index contributed by atoms with van der Waals surface area (Å²) in [5.41, 5.74) is 0. The Labute approximate surface area is 95.9 Å². The Hall–Kier alpha value is -0.680. The largest absolute Gasteiger partial charge is 0.356 e. The van der Waals surface area contributed by atoms with Crippen molar-refractivity contribution < 1.29 is 0 Å². The third kappa shape index (κ3) is 4.13.